The second-order valence-electron chi connectivity index (χ2n) is 12.9. The number of aromatic nitrogens is 2. The van der Waals surface area contributed by atoms with E-state index in [1.54, 1.807) is 11.8 Å². The van der Waals surface area contributed by atoms with Gasteiger partial charge in [0.25, 0.3) is 5.91 Å². The zero-order chi connectivity index (χ0) is 34.8. The third kappa shape index (κ3) is 5.79. The van der Waals surface area contributed by atoms with Crippen molar-refractivity contribution in [2.75, 3.05) is 16.2 Å². The van der Waals surface area contributed by atoms with Gasteiger partial charge in [-0.2, -0.15) is 8.42 Å². The minimum Gasteiger partial charge on any atom is -0.506 e. The molecule has 16 heteroatoms. The number of carbonyl (C=O) groups excluding carboxylic acids is 4. The number of aromatic hydroxyl groups is 1. The molecular weight excluding hydrogens is 659 g/mol. The second kappa shape index (κ2) is 12.0. The molecular formula is C33H33FN6O8S. The van der Waals surface area contributed by atoms with Crippen molar-refractivity contribution >= 4 is 67.0 Å². The average Bonchev–Trinajstić information content (AvgIpc) is 3.46. The Morgan fingerprint density at radius 1 is 0.980 bits per heavy atom. The Bertz CT molecular complexity index is 2260. The highest BCUT2D eigenvalue weighted by molar-refractivity contribution is 7.92. The van der Waals surface area contributed by atoms with Crippen molar-refractivity contribution in [3.05, 3.63) is 64.3 Å². The maximum Gasteiger partial charge on any atom is 0.329 e. The zero-order valence-corrected chi connectivity index (χ0v) is 27.2. The molecule has 3 aliphatic rings. The summed E-state index contributed by atoms with van der Waals surface area (Å²) in [4.78, 5) is 61.9. The first-order valence-electron chi connectivity index (χ1n) is 15.9. The van der Waals surface area contributed by atoms with Gasteiger partial charge in [0.1, 0.15) is 24.0 Å². The fourth-order valence-electron chi connectivity index (χ4n) is 7.34. The Kier molecular flexibility index (Phi) is 7.92. The number of hydrogen-bond donors (Lipinski definition) is 4. The predicted molar refractivity (Wildman–Crippen MR) is 177 cm³/mol. The molecule has 4 aromatic rings. The van der Waals surface area contributed by atoms with Gasteiger partial charge in [0.15, 0.2) is 5.82 Å². The van der Waals surface area contributed by atoms with Crippen LogP contribution in [0.3, 0.4) is 0 Å². The molecule has 1 aromatic heterocycles. The molecule has 1 saturated carbocycles. The van der Waals surface area contributed by atoms with Gasteiger partial charge in [0, 0.05) is 31.0 Å². The number of anilines is 2. The summed E-state index contributed by atoms with van der Waals surface area (Å²) in [6.45, 7) is -0.661. The molecule has 3 heterocycles. The summed E-state index contributed by atoms with van der Waals surface area (Å²) >= 11 is 0. The van der Waals surface area contributed by atoms with Gasteiger partial charge in [-0.15, -0.1) is 0 Å². The van der Waals surface area contributed by atoms with Crippen LogP contribution in [0.1, 0.15) is 62.5 Å². The summed E-state index contributed by atoms with van der Waals surface area (Å²) < 4.78 is 45.0. The van der Waals surface area contributed by atoms with Gasteiger partial charge in [-0.05, 0) is 91.3 Å². The third-order valence-corrected chi connectivity index (χ3v) is 11.2. The van der Waals surface area contributed by atoms with Crippen LogP contribution in [0.25, 0.3) is 21.8 Å². The van der Waals surface area contributed by atoms with Crippen LogP contribution < -0.4 is 25.4 Å². The number of imidazole rings is 1. The van der Waals surface area contributed by atoms with E-state index in [1.165, 1.54) is 33.4 Å². The van der Waals surface area contributed by atoms with Gasteiger partial charge in [-0.25, -0.2) is 18.2 Å². The van der Waals surface area contributed by atoms with Crippen molar-refractivity contribution in [3.8, 4) is 5.75 Å². The minimum absolute atomic E-state index is 0.00413. The maximum absolute atomic E-state index is 15.4. The Morgan fingerprint density at radius 3 is 2.43 bits per heavy atom. The quantitative estimate of drug-likeness (QED) is 0.222. The Morgan fingerprint density at radius 2 is 1.73 bits per heavy atom. The highest BCUT2D eigenvalue weighted by Gasteiger charge is 2.38. The molecule has 2 aliphatic heterocycles. The van der Waals surface area contributed by atoms with Crippen molar-refractivity contribution in [1.82, 2.24) is 19.2 Å². The number of aryl methyl sites for hydroxylation is 1. The van der Waals surface area contributed by atoms with E-state index in [1.807, 2.05) is 18.2 Å². The molecule has 2 saturated heterocycles. The summed E-state index contributed by atoms with van der Waals surface area (Å²) in [6.07, 6.45) is 4.02. The van der Waals surface area contributed by atoms with Crippen LogP contribution in [-0.2, 0) is 36.4 Å². The van der Waals surface area contributed by atoms with E-state index in [0.717, 1.165) is 31.2 Å². The molecule has 0 spiro atoms. The van der Waals surface area contributed by atoms with E-state index in [0.29, 0.717) is 21.0 Å². The fourth-order valence-corrected chi connectivity index (χ4v) is 8.50. The molecule has 1 aliphatic carbocycles. The standard InChI is InChI=1S/C33H33FN6O8S/c1-38-25-14-19(6-9-23(25)40(33(38)46)24-10-11-27(42)36-32(24)45)18-4-2-17(3-5-18)12-28(43)35-21-7-8-22-20(13-21)15-26(41)31(30(22)34)39-16-29(44)37-49(39,47)48/h6-9,13-15,17-18,24,41H,2-5,10-12,16H2,1H3,(H,35,43)(H,37,44)(H,36,42,45). The van der Waals surface area contributed by atoms with Gasteiger partial charge >= 0.3 is 15.9 Å². The summed E-state index contributed by atoms with van der Waals surface area (Å²) in [5.41, 5.74) is 1.85. The van der Waals surface area contributed by atoms with Crippen molar-refractivity contribution in [1.29, 1.82) is 0 Å². The van der Waals surface area contributed by atoms with Gasteiger partial charge in [0.2, 0.25) is 17.7 Å². The van der Waals surface area contributed by atoms with Crippen LogP contribution in [-0.4, -0.2) is 52.8 Å². The number of hydrogen-bond acceptors (Lipinski definition) is 8. The molecule has 0 radical (unpaired) electrons. The highest BCUT2D eigenvalue weighted by atomic mass is 32.2. The zero-order valence-electron chi connectivity index (χ0n) is 26.4. The van der Waals surface area contributed by atoms with E-state index in [9.17, 15) is 37.5 Å². The van der Waals surface area contributed by atoms with Crippen LogP contribution in [0.15, 0.2) is 47.3 Å². The normalized spacial score (nSPS) is 22.4. The van der Waals surface area contributed by atoms with Crippen LogP contribution in [0.2, 0.25) is 0 Å². The maximum atomic E-state index is 15.4. The van der Waals surface area contributed by atoms with Gasteiger partial charge in [-0.3, -0.25) is 33.6 Å². The Hall–Kier alpha value is -5.25. The lowest BCUT2D eigenvalue weighted by molar-refractivity contribution is -0.135. The monoisotopic (exact) mass is 692 g/mol. The first-order valence-corrected chi connectivity index (χ1v) is 17.4. The first kappa shape index (κ1) is 32.3. The summed E-state index contributed by atoms with van der Waals surface area (Å²) in [5, 5.41) is 15.9. The molecule has 4 amide bonds. The number of nitrogens with one attached hydrogen (secondary N) is 3. The predicted octanol–water partition coefficient (Wildman–Crippen LogP) is 2.80. The molecule has 4 N–H and O–H groups in total. The van der Waals surface area contributed by atoms with Gasteiger partial charge in [0.05, 0.1) is 11.0 Å². The second-order valence-corrected chi connectivity index (χ2v) is 14.5. The number of halogens is 1. The molecule has 256 valence electrons. The van der Waals surface area contributed by atoms with E-state index < -0.39 is 51.9 Å². The van der Waals surface area contributed by atoms with Crippen molar-refractivity contribution in [2.45, 2.75) is 56.9 Å². The lowest BCUT2D eigenvalue weighted by Crippen LogP contribution is -2.44. The Balaban J connectivity index is 0.995. The minimum atomic E-state index is -4.34. The van der Waals surface area contributed by atoms with E-state index >= 15 is 4.39 Å². The lowest BCUT2D eigenvalue weighted by atomic mass is 9.77. The molecule has 1 unspecified atom stereocenters. The summed E-state index contributed by atoms with van der Waals surface area (Å²) in [7, 11) is -2.67. The molecule has 1 atom stereocenters. The van der Waals surface area contributed by atoms with Crippen molar-refractivity contribution < 1.29 is 37.1 Å². The molecule has 3 aromatic carbocycles. The number of piperidine rings is 1. The third-order valence-electron chi connectivity index (χ3n) is 9.81. The number of phenolic OH excluding ortho intramolecular Hbond substituents is 1. The summed E-state index contributed by atoms with van der Waals surface area (Å²) in [6, 6.07) is 10.6. The number of carbonyl (C=O) groups is 4. The van der Waals surface area contributed by atoms with Crippen LogP contribution in [0.5, 0.6) is 5.75 Å². The van der Waals surface area contributed by atoms with Crippen molar-refractivity contribution in [2.24, 2.45) is 13.0 Å². The van der Waals surface area contributed by atoms with E-state index in [2.05, 4.69) is 10.6 Å². The molecule has 0 bridgehead atoms. The highest BCUT2D eigenvalue weighted by Crippen LogP contribution is 2.40. The SMILES string of the molecule is Cn1c(=O)n(C2CCC(=O)NC2=O)c2ccc(C3CCC(CC(=O)Nc4ccc5c(F)c(N6CC(=O)NS6(=O)=O)c(O)cc5c4)CC3)cc21. The number of benzene rings is 3. The van der Waals surface area contributed by atoms with Crippen LogP contribution >= 0.6 is 0 Å². The lowest BCUT2D eigenvalue weighted by Gasteiger charge is -2.28. The fraction of sp³-hybridized carbons (Fsp3) is 0.364. The van der Waals surface area contributed by atoms with Crippen LogP contribution in [0, 0.1) is 11.7 Å². The largest absolute Gasteiger partial charge is 0.506 e. The number of imide groups is 1. The van der Waals surface area contributed by atoms with Gasteiger partial charge < -0.3 is 10.4 Å². The average molecular weight is 693 g/mol. The number of rotatable bonds is 6. The number of nitrogens with zero attached hydrogens (tertiary/aromatic N) is 3. The smallest absolute Gasteiger partial charge is 0.329 e. The first-order chi connectivity index (χ1) is 23.3. The number of phenols is 1. The Labute approximate surface area is 279 Å². The molecule has 3 fully saturated rings. The number of amides is 4. The molecule has 7 rings (SSSR count). The van der Waals surface area contributed by atoms with Crippen LogP contribution in [0.4, 0.5) is 15.8 Å². The molecule has 14 nitrogen and oxygen atoms in total. The van der Waals surface area contributed by atoms with Crippen molar-refractivity contribution in [3.63, 3.8) is 0 Å². The van der Waals surface area contributed by atoms with E-state index in [-0.39, 0.29) is 59.4 Å². The van der Waals surface area contributed by atoms with E-state index in [4.69, 9.17) is 0 Å². The van der Waals surface area contributed by atoms with Gasteiger partial charge in [-0.1, -0.05) is 6.07 Å². The molecule has 49 heavy (non-hydrogen) atoms. The number of fused-ring (bicyclic) bond motifs is 2. The topological polar surface area (TPSA) is 189 Å². The summed E-state index contributed by atoms with van der Waals surface area (Å²) in [5.74, 6) is -3.20.